The third-order valence-electron chi connectivity index (χ3n) is 5.08. The Balaban J connectivity index is 1.35. The molecule has 3 atom stereocenters. The van der Waals surface area contributed by atoms with Crippen LogP contribution in [-0.4, -0.2) is 52.2 Å². The lowest BCUT2D eigenvalue weighted by molar-refractivity contribution is 0.0831. The molecule has 0 radical (unpaired) electrons. The molecule has 0 saturated carbocycles. The Kier molecular flexibility index (Phi) is 4.66. The number of fused-ring (bicyclic) bond motifs is 1. The number of nitrogens with zero attached hydrogens (tertiary/aromatic N) is 4. The van der Waals surface area contributed by atoms with E-state index in [2.05, 4.69) is 37.3 Å². The average molecular weight is 325 g/mol. The molecule has 4 rings (SSSR count). The van der Waals surface area contributed by atoms with Gasteiger partial charge in [0.15, 0.2) is 0 Å². The maximum Gasteiger partial charge on any atom is 0.222 e. The molecule has 1 N–H and O–H groups in total. The summed E-state index contributed by atoms with van der Waals surface area (Å²) in [6, 6.07) is 6.03. The molecule has 2 aromatic heterocycles. The van der Waals surface area contributed by atoms with Crippen molar-refractivity contribution in [1.29, 1.82) is 0 Å². The first kappa shape index (κ1) is 15.5. The van der Waals surface area contributed by atoms with Gasteiger partial charge in [0, 0.05) is 50.3 Å². The van der Waals surface area contributed by atoms with Crippen molar-refractivity contribution in [3.63, 3.8) is 0 Å². The molecule has 0 spiro atoms. The molecule has 2 aliphatic heterocycles. The zero-order valence-electron chi connectivity index (χ0n) is 13.7. The Morgan fingerprint density at radius 1 is 1.17 bits per heavy atom. The van der Waals surface area contributed by atoms with E-state index >= 15 is 0 Å². The highest BCUT2D eigenvalue weighted by Gasteiger charge is 2.40. The van der Waals surface area contributed by atoms with Gasteiger partial charge >= 0.3 is 0 Å². The lowest BCUT2D eigenvalue weighted by Gasteiger charge is -2.36. The monoisotopic (exact) mass is 325 g/mol. The minimum Gasteiger partial charge on any atom is -0.376 e. The van der Waals surface area contributed by atoms with Crippen molar-refractivity contribution in [2.24, 2.45) is 11.8 Å². The summed E-state index contributed by atoms with van der Waals surface area (Å²) < 4.78 is 6.07. The van der Waals surface area contributed by atoms with E-state index in [1.165, 1.54) is 12.0 Å². The Labute approximate surface area is 142 Å². The van der Waals surface area contributed by atoms with Gasteiger partial charge in [-0.25, -0.2) is 9.97 Å². The van der Waals surface area contributed by atoms with Gasteiger partial charge in [0.2, 0.25) is 5.95 Å². The van der Waals surface area contributed by atoms with E-state index in [9.17, 15) is 0 Å². The van der Waals surface area contributed by atoms with Crippen LogP contribution in [0.1, 0.15) is 12.0 Å². The number of rotatable bonds is 5. The molecule has 2 saturated heterocycles. The first-order valence-electron chi connectivity index (χ1n) is 8.62. The van der Waals surface area contributed by atoms with Crippen LogP contribution in [0.15, 0.2) is 43.0 Å². The maximum absolute atomic E-state index is 6.07. The van der Waals surface area contributed by atoms with Crippen LogP contribution in [0.4, 0.5) is 5.95 Å². The highest BCUT2D eigenvalue weighted by atomic mass is 16.5. The number of pyridine rings is 1. The van der Waals surface area contributed by atoms with Gasteiger partial charge in [0.05, 0.1) is 12.7 Å². The molecule has 2 aromatic rings. The van der Waals surface area contributed by atoms with Crippen LogP contribution in [0.3, 0.4) is 0 Å². The maximum atomic E-state index is 6.07. The predicted octanol–water partition coefficient (Wildman–Crippen LogP) is 1.82. The molecule has 0 aliphatic carbocycles. The van der Waals surface area contributed by atoms with Crippen LogP contribution >= 0.6 is 0 Å². The molecule has 0 amide bonds. The SMILES string of the molecule is c1cnc(NC[C@H]2OC[C@@H]3CCN(Cc4ccncc4)C[C@@H]32)nc1. The highest BCUT2D eigenvalue weighted by molar-refractivity contribution is 5.22. The van der Waals surface area contributed by atoms with Gasteiger partial charge in [-0.3, -0.25) is 9.88 Å². The molecule has 2 fully saturated rings. The van der Waals surface area contributed by atoms with Gasteiger partial charge in [-0.2, -0.15) is 0 Å². The summed E-state index contributed by atoms with van der Waals surface area (Å²) in [5.74, 6) is 1.94. The summed E-state index contributed by atoms with van der Waals surface area (Å²) >= 11 is 0. The summed E-state index contributed by atoms with van der Waals surface area (Å²) in [6.07, 6.45) is 8.70. The average Bonchev–Trinajstić information content (AvgIpc) is 3.04. The summed E-state index contributed by atoms with van der Waals surface area (Å²) in [5, 5.41) is 3.31. The van der Waals surface area contributed by atoms with Gasteiger partial charge in [-0.1, -0.05) is 0 Å². The Morgan fingerprint density at radius 2 is 2.00 bits per heavy atom. The molecule has 6 heteroatoms. The molecule has 0 unspecified atom stereocenters. The van der Waals surface area contributed by atoms with Gasteiger partial charge in [0.1, 0.15) is 0 Å². The van der Waals surface area contributed by atoms with Crippen molar-refractivity contribution in [2.75, 3.05) is 31.6 Å². The number of ether oxygens (including phenoxy) is 1. The number of nitrogens with one attached hydrogen (secondary N) is 1. The van der Waals surface area contributed by atoms with Crippen molar-refractivity contribution in [3.05, 3.63) is 48.5 Å². The number of likely N-dealkylation sites (tertiary alicyclic amines) is 1. The normalized spacial score (nSPS) is 26.9. The minimum absolute atomic E-state index is 0.235. The molecule has 126 valence electrons. The molecule has 24 heavy (non-hydrogen) atoms. The third kappa shape index (κ3) is 3.55. The van der Waals surface area contributed by atoms with Crippen LogP contribution in [-0.2, 0) is 11.3 Å². The van der Waals surface area contributed by atoms with E-state index in [1.54, 1.807) is 12.4 Å². The standard InChI is InChI=1S/C18H23N5O/c1-5-20-18(21-6-1)22-10-17-16-12-23(9-4-15(16)13-24-17)11-14-2-7-19-8-3-14/h1-3,5-8,15-17H,4,9-13H2,(H,20,21,22)/t15-,16-,17+/m0/s1. The number of anilines is 1. The van der Waals surface area contributed by atoms with E-state index in [0.717, 1.165) is 32.8 Å². The van der Waals surface area contributed by atoms with E-state index in [-0.39, 0.29) is 6.10 Å². The lowest BCUT2D eigenvalue weighted by atomic mass is 9.84. The van der Waals surface area contributed by atoms with E-state index in [0.29, 0.717) is 17.8 Å². The molecule has 6 nitrogen and oxygen atoms in total. The fraction of sp³-hybridized carbons (Fsp3) is 0.500. The van der Waals surface area contributed by atoms with E-state index < -0.39 is 0 Å². The van der Waals surface area contributed by atoms with Crippen LogP contribution in [0.2, 0.25) is 0 Å². The van der Waals surface area contributed by atoms with Crippen molar-refractivity contribution in [1.82, 2.24) is 19.9 Å². The third-order valence-corrected chi connectivity index (χ3v) is 5.08. The number of piperidine rings is 1. The minimum atomic E-state index is 0.235. The van der Waals surface area contributed by atoms with Gasteiger partial charge in [-0.05, 0) is 42.6 Å². The second kappa shape index (κ2) is 7.23. The summed E-state index contributed by atoms with van der Waals surface area (Å²) in [6.45, 7) is 4.89. The number of aromatic nitrogens is 3. The van der Waals surface area contributed by atoms with Crippen molar-refractivity contribution in [2.45, 2.75) is 19.1 Å². The zero-order chi connectivity index (χ0) is 16.2. The predicted molar refractivity (Wildman–Crippen MR) is 91.4 cm³/mol. The Hall–Kier alpha value is -2.05. The fourth-order valence-corrected chi connectivity index (χ4v) is 3.78. The topological polar surface area (TPSA) is 63.2 Å². The zero-order valence-corrected chi connectivity index (χ0v) is 13.7. The van der Waals surface area contributed by atoms with Crippen LogP contribution in [0.25, 0.3) is 0 Å². The smallest absolute Gasteiger partial charge is 0.222 e. The molecule has 0 bridgehead atoms. The van der Waals surface area contributed by atoms with Crippen LogP contribution < -0.4 is 5.32 Å². The fourth-order valence-electron chi connectivity index (χ4n) is 3.78. The van der Waals surface area contributed by atoms with Crippen molar-refractivity contribution < 1.29 is 4.74 Å². The molecule has 4 heterocycles. The van der Waals surface area contributed by atoms with Gasteiger partial charge in [0.25, 0.3) is 0 Å². The molecule has 2 aliphatic rings. The second-order valence-electron chi connectivity index (χ2n) is 6.63. The number of hydrogen-bond donors (Lipinski definition) is 1. The van der Waals surface area contributed by atoms with Crippen molar-refractivity contribution >= 4 is 5.95 Å². The van der Waals surface area contributed by atoms with E-state index in [4.69, 9.17) is 4.74 Å². The van der Waals surface area contributed by atoms with Gasteiger partial charge in [-0.15, -0.1) is 0 Å². The Bertz CT molecular complexity index is 638. The molecular weight excluding hydrogens is 302 g/mol. The molecular formula is C18H23N5O. The largest absolute Gasteiger partial charge is 0.376 e. The molecule has 0 aromatic carbocycles. The summed E-state index contributed by atoms with van der Waals surface area (Å²) in [4.78, 5) is 15.1. The van der Waals surface area contributed by atoms with Crippen LogP contribution in [0, 0.1) is 11.8 Å². The van der Waals surface area contributed by atoms with Crippen molar-refractivity contribution in [3.8, 4) is 0 Å². The van der Waals surface area contributed by atoms with Gasteiger partial charge < -0.3 is 10.1 Å². The summed E-state index contributed by atoms with van der Waals surface area (Å²) in [5.41, 5.74) is 1.33. The first-order chi connectivity index (χ1) is 11.9. The van der Waals surface area contributed by atoms with Crippen LogP contribution in [0.5, 0.6) is 0 Å². The highest BCUT2D eigenvalue weighted by Crippen LogP contribution is 2.34. The number of hydrogen-bond acceptors (Lipinski definition) is 6. The lowest BCUT2D eigenvalue weighted by Crippen LogP contribution is -2.43. The second-order valence-corrected chi connectivity index (χ2v) is 6.63. The van der Waals surface area contributed by atoms with E-state index in [1.807, 2.05) is 18.5 Å². The first-order valence-corrected chi connectivity index (χ1v) is 8.62. The summed E-state index contributed by atoms with van der Waals surface area (Å²) in [7, 11) is 0. The Morgan fingerprint density at radius 3 is 2.83 bits per heavy atom. The quantitative estimate of drug-likeness (QED) is 0.905.